The van der Waals surface area contributed by atoms with E-state index in [2.05, 4.69) is 16.0 Å². The third-order valence-corrected chi connectivity index (χ3v) is 5.28. The van der Waals surface area contributed by atoms with Crippen LogP contribution in [0.4, 0.5) is 0 Å². The molecule has 0 aromatic heterocycles. The Bertz CT molecular complexity index is 1010. The molecule has 0 spiro atoms. The van der Waals surface area contributed by atoms with Gasteiger partial charge in [-0.1, -0.05) is 54.6 Å². The zero-order valence-corrected chi connectivity index (χ0v) is 22.8. The summed E-state index contributed by atoms with van der Waals surface area (Å²) in [5.74, 6) is -3.36. The molecule has 1 radical (unpaired) electrons. The molecule has 2 rings (SSSR count). The minimum atomic E-state index is -1.21. The smallest absolute Gasteiger partial charge is 0.242 e. The van der Waals surface area contributed by atoms with Crippen LogP contribution in [0.25, 0.3) is 0 Å². The fourth-order valence-electron chi connectivity index (χ4n) is 3.03. The molecule has 0 bridgehead atoms. The monoisotopic (exact) mass is 687 g/mol. The van der Waals surface area contributed by atoms with E-state index in [1.807, 2.05) is 0 Å². The van der Waals surface area contributed by atoms with E-state index in [4.69, 9.17) is 23.8 Å². The third kappa shape index (κ3) is 9.96. The van der Waals surface area contributed by atoms with E-state index in [1.54, 1.807) is 42.5 Å². The van der Waals surface area contributed by atoms with Crippen LogP contribution in [-0.4, -0.2) is 47.5 Å². The zero-order valence-electron chi connectivity index (χ0n) is 19.2. The van der Waals surface area contributed by atoms with Crippen LogP contribution in [0.2, 0.25) is 0 Å². The Morgan fingerprint density at radius 2 is 1.56 bits per heavy atom. The van der Waals surface area contributed by atoms with Gasteiger partial charge in [-0.15, -0.1) is 11.5 Å². The zero-order chi connectivity index (χ0) is 25.3. The van der Waals surface area contributed by atoms with Gasteiger partial charge in [-0.05, 0) is 30.4 Å². The van der Waals surface area contributed by atoms with Gasteiger partial charge in [-0.3, -0.25) is 14.4 Å². The van der Waals surface area contributed by atoms with Crippen molar-refractivity contribution in [2.24, 2.45) is 5.73 Å². The summed E-state index contributed by atoms with van der Waals surface area (Å²) in [5, 5.41) is 37.7. The van der Waals surface area contributed by atoms with Gasteiger partial charge in [0.1, 0.15) is 6.04 Å². The van der Waals surface area contributed by atoms with Gasteiger partial charge in [-0.2, -0.15) is 0 Å². The Morgan fingerprint density at radius 3 is 2.08 bits per heavy atom. The van der Waals surface area contributed by atoms with Gasteiger partial charge in [0.05, 0.1) is 18.1 Å². The Hall–Kier alpha value is -2.95. The van der Waals surface area contributed by atoms with Crippen LogP contribution in [0.1, 0.15) is 24.1 Å². The van der Waals surface area contributed by atoms with Gasteiger partial charge in [0.15, 0.2) is 0 Å². The number of hydrogen-bond acceptors (Lipinski definition) is 8. The fraction of sp³-hybridized carbons (Fsp3) is 0.304. The second-order valence-electron chi connectivity index (χ2n) is 7.63. The van der Waals surface area contributed by atoms with E-state index >= 15 is 0 Å². The predicted molar refractivity (Wildman–Crippen MR) is 125 cm³/mol. The Balaban J connectivity index is 0.00000612. The van der Waals surface area contributed by atoms with Gasteiger partial charge < -0.3 is 55.4 Å². The fourth-order valence-corrected chi connectivity index (χ4v) is 3.26. The van der Waals surface area contributed by atoms with E-state index < -0.39 is 47.8 Å². The summed E-state index contributed by atoms with van der Waals surface area (Å²) in [6.45, 7) is 1.42. The summed E-state index contributed by atoms with van der Waals surface area (Å²) in [4.78, 5) is 37.5. The molecule has 1 unspecified atom stereocenters. The van der Waals surface area contributed by atoms with Crippen LogP contribution in [0.5, 0.6) is 5.75 Å². The van der Waals surface area contributed by atoms with Crippen molar-refractivity contribution in [1.29, 1.82) is 5.41 Å². The Kier molecular flexibility index (Phi) is 14.6. The predicted octanol–water partition coefficient (Wildman–Crippen LogP) is -1.76. The van der Waals surface area contributed by atoms with Crippen molar-refractivity contribution < 1.29 is 50.5 Å². The largest absolute Gasteiger partial charge is 2.00 e. The maximum absolute atomic E-state index is 12.6. The van der Waals surface area contributed by atoms with Crippen LogP contribution in [0, 0.1) is 5.41 Å². The first-order valence-corrected chi connectivity index (χ1v) is 11.0. The molecule has 11 nitrogen and oxygen atoms in total. The number of amides is 3. The van der Waals surface area contributed by atoms with Crippen molar-refractivity contribution in [3.8, 4) is 5.75 Å². The molecular formula is C23H26N5O6ReS-5. The molecule has 197 valence electrons. The molecule has 0 saturated heterocycles. The van der Waals surface area contributed by atoms with Crippen molar-refractivity contribution >= 4 is 36.2 Å². The number of carbonyl (C=O) groups excluding carboxylic acids is 3. The van der Waals surface area contributed by atoms with Crippen LogP contribution in [0.15, 0.2) is 54.6 Å². The average Bonchev–Trinajstić information content (AvgIpc) is 2.82. The Morgan fingerprint density at radius 1 is 0.972 bits per heavy atom. The van der Waals surface area contributed by atoms with Crippen LogP contribution >= 0.6 is 0 Å². The summed E-state index contributed by atoms with van der Waals surface area (Å²) >= 11 is 4.96. The third-order valence-electron chi connectivity index (χ3n) is 4.95. The van der Waals surface area contributed by atoms with Gasteiger partial charge in [0.25, 0.3) is 0 Å². The van der Waals surface area contributed by atoms with Crippen molar-refractivity contribution in [3.63, 3.8) is 0 Å². The summed E-state index contributed by atoms with van der Waals surface area (Å²) in [6.07, 6.45) is 0.166. The van der Waals surface area contributed by atoms with E-state index in [0.717, 1.165) is 0 Å². The molecule has 0 fully saturated rings. The first-order valence-electron chi connectivity index (χ1n) is 10.4. The molecule has 0 saturated carbocycles. The number of rotatable bonds is 11. The topological polar surface area (TPSA) is 212 Å². The number of nitrogens with one attached hydrogen (secondary N) is 4. The van der Waals surface area contributed by atoms with Crippen molar-refractivity contribution in [2.75, 3.05) is 5.75 Å². The van der Waals surface area contributed by atoms with Crippen LogP contribution < -0.4 is 31.9 Å². The molecule has 0 aliphatic rings. The molecule has 2 aromatic carbocycles. The number of nitrogens with two attached hydrogens (primary N) is 1. The molecule has 0 aliphatic heterocycles. The molecule has 3 amide bonds. The SMILES string of the molecule is C[C@H](NC(=O)[C@@H](N)Cc1ccc([O-])cc1)C(=O)N[C@@H](C[S-])C(=O)NC(C(=N)[O-])c1ccccc1.[O-2].[Re]. The van der Waals surface area contributed by atoms with Gasteiger partial charge in [0.2, 0.25) is 17.7 Å². The first-order chi connectivity index (χ1) is 16.1. The maximum Gasteiger partial charge on any atom is 0.242 e. The number of carbonyl (C=O) groups is 3. The van der Waals surface area contributed by atoms with Crippen molar-refractivity contribution in [1.82, 2.24) is 16.0 Å². The minimum Gasteiger partial charge on any atom is -2.00 e. The van der Waals surface area contributed by atoms with Crippen molar-refractivity contribution in [3.05, 3.63) is 65.7 Å². The van der Waals surface area contributed by atoms with Crippen LogP contribution in [-0.2, 0) is 59.3 Å². The molecule has 36 heavy (non-hydrogen) atoms. The van der Waals surface area contributed by atoms with E-state index in [1.165, 1.54) is 19.1 Å². The second kappa shape index (κ2) is 15.9. The minimum absolute atomic E-state index is 0. The first kappa shape index (κ1) is 33.1. The summed E-state index contributed by atoms with van der Waals surface area (Å²) in [5.41, 5.74) is 7.01. The molecule has 0 aliphatic carbocycles. The number of benzene rings is 2. The van der Waals surface area contributed by atoms with E-state index in [-0.39, 0.29) is 43.8 Å². The molecule has 13 heteroatoms. The Labute approximate surface area is 228 Å². The second-order valence-corrected chi connectivity index (χ2v) is 7.96. The van der Waals surface area contributed by atoms with E-state index in [9.17, 15) is 24.6 Å². The maximum atomic E-state index is 12.6. The van der Waals surface area contributed by atoms with Gasteiger partial charge in [-0.25, -0.2) is 0 Å². The van der Waals surface area contributed by atoms with Crippen molar-refractivity contribution in [2.45, 2.75) is 37.5 Å². The van der Waals surface area contributed by atoms with Gasteiger partial charge in [0, 0.05) is 20.4 Å². The summed E-state index contributed by atoms with van der Waals surface area (Å²) < 4.78 is 0. The molecular weight excluding hydrogens is 661 g/mol. The average molecular weight is 687 g/mol. The molecule has 2 aromatic rings. The molecule has 4 atom stereocenters. The van der Waals surface area contributed by atoms with Gasteiger partial charge >= 0.3 is 0 Å². The quantitative estimate of drug-likeness (QED) is 0.104. The molecule has 0 heterocycles. The summed E-state index contributed by atoms with van der Waals surface area (Å²) in [7, 11) is 0. The van der Waals surface area contributed by atoms with E-state index in [0.29, 0.717) is 11.1 Å². The summed E-state index contributed by atoms with van der Waals surface area (Å²) in [6, 6.07) is 9.77. The number of hydrogen-bond donors (Lipinski definition) is 5. The standard InChI is InChI=1S/C23H29N5O5S.O.Re/c1-13(26-22(32)17(24)11-14-7-9-16(29)10-8-14)21(31)27-18(12-34)23(33)28-19(20(25)30)15-5-3-2-4-6-15;;/h2-10,13,17-19,29,34H,11-12,24H2,1H3,(H2,25,30)(H,26,32)(H,27,31)(H,28,33);;/q;-2;/p-3/t13-,17-,18-,19?;;/m0../s1. The normalized spacial score (nSPS) is 13.4. The molecule has 6 N–H and O–H groups in total. The van der Waals surface area contributed by atoms with Crippen LogP contribution in [0.3, 0.4) is 0 Å².